The molecular weight excluding hydrogens is 513 g/mol. The van der Waals surface area contributed by atoms with Crippen molar-refractivity contribution in [1.29, 1.82) is 0 Å². The van der Waals surface area contributed by atoms with Gasteiger partial charge in [-0.25, -0.2) is 4.79 Å². The SMILES string of the molecule is O=C(CBr)NC(Cc1ccc(O)c(N=Nc2ccc([As](=O)(O)O)cc2)c1)C(=O)O. The molecule has 5 N–H and O–H groups in total. The molecule has 0 bridgehead atoms. The summed E-state index contributed by atoms with van der Waals surface area (Å²) >= 11 is -2.03. The second-order valence-electron chi connectivity index (χ2n) is 5.88. The Morgan fingerprint density at radius 3 is 2.31 bits per heavy atom. The van der Waals surface area contributed by atoms with Crippen LogP contribution in [0.15, 0.2) is 52.7 Å². The summed E-state index contributed by atoms with van der Waals surface area (Å²) < 4.78 is 29.4. The van der Waals surface area contributed by atoms with Gasteiger partial charge in [0.15, 0.2) is 0 Å². The Bertz CT molecular complexity index is 975. The average Bonchev–Trinajstić information content (AvgIpc) is 2.67. The molecule has 1 unspecified atom stereocenters. The van der Waals surface area contributed by atoms with Gasteiger partial charge in [-0.2, -0.15) is 0 Å². The number of halogens is 1. The summed E-state index contributed by atoms with van der Waals surface area (Å²) in [6.07, 6.45) is -0.0319. The van der Waals surface area contributed by atoms with E-state index in [1.807, 2.05) is 0 Å². The predicted molar refractivity (Wildman–Crippen MR) is 106 cm³/mol. The number of hydrogen-bond donors (Lipinski definition) is 5. The Balaban J connectivity index is 2.19. The number of carbonyl (C=O) groups excluding carboxylic acids is 1. The van der Waals surface area contributed by atoms with Crippen LogP contribution in [0, 0.1) is 0 Å². The van der Waals surface area contributed by atoms with Gasteiger partial charge in [0, 0.05) is 0 Å². The Kier molecular flexibility index (Phi) is 7.74. The molecule has 2 aromatic rings. The van der Waals surface area contributed by atoms with Gasteiger partial charge in [-0.15, -0.1) is 0 Å². The maximum absolute atomic E-state index is 11.4. The maximum atomic E-state index is 11.4. The van der Waals surface area contributed by atoms with Crippen molar-refractivity contribution in [2.45, 2.75) is 12.5 Å². The normalized spacial score (nSPS) is 12.7. The first-order chi connectivity index (χ1) is 13.6. The monoisotopic (exact) mass is 529 g/mol. The van der Waals surface area contributed by atoms with E-state index in [0.717, 1.165) is 0 Å². The Morgan fingerprint density at radius 2 is 1.76 bits per heavy atom. The molecule has 0 saturated carbocycles. The molecule has 29 heavy (non-hydrogen) atoms. The summed E-state index contributed by atoms with van der Waals surface area (Å²) in [4.78, 5) is 22.8. The molecule has 10 nitrogen and oxygen atoms in total. The molecule has 0 radical (unpaired) electrons. The van der Waals surface area contributed by atoms with E-state index >= 15 is 0 Å². The number of aromatic hydroxyl groups is 1. The van der Waals surface area contributed by atoms with Gasteiger partial charge < -0.3 is 5.11 Å². The second-order valence-corrected chi connectivity index (χ2v) is 9.81. The summed E-state index contributed by atoms with van der Waals surface area (Å²) in [5.74, 6) is -1.87. The summed E-state index contributed by atoms with van der Waals surface area (Å²) in [7, 11) is 0. The van der Waals surface area contributed by atoms with Crippen LogP contribution in [0.25, 0.3) is 0 Å². The third kappa shape index (κ3) is 6.82. The van der Waals surface area contributed by atoms with E-state index in [9.17, 15) is 23.5 Å². The van der Waals surface area contributed by atoms with Crippen LogP contribution in [0.3, 0.4) is 0 Å². The number of alkyl halides is 1. The summed E-state index contributed by atoms with van der Waals surface area (Å²) in [5.41, 5.74) is 0.871. The van der Waals surface area contributed by atoms with E-state index in [2.05, 4.69) is 31.5 Å². The average molecular weight is 530 g/mol. The Labute approximate surface area is 176 Å². The first kappa shape index (κ1) is 22.8. The van der Waals surface area contributed by atoms with Crippen LogP contribution in [0.4, 0.5) is 11.4 Å². The van der Waals surface area contributed by atoms with Crippen LogP contribution in [-0.4, -0.2) is 55.8 Å². The number of carboxylic acid groups (broad SMARTS) is 1. The van der Waals surface area contributed by atoms with Crippen LogP contribution >= 0.6 is 15.9 Å². The zero-order valence-corrected chi connectivity index (χ0v) is 18.2. The Morgan fingerprint density at radius 1 is 1.10 bits per heavy atom. The minimum atomic E-state index is -4.98. The zero-order chi connectivity index (χ0) is 21.6. The fraction of sp³-hybridized carbons (Fsp3) is 0.176. The molecule has 2 aromatic carbocycles. The fourth-order valence-corrected chi connectivity index (χ4v) is 3.56. The number of carbonyl (C=O) groups is 2. The molecule has 0 aromatic heterocycles. The summed E-state index contributed by atoms with van der Waals surface area (Å²) in [6.45, 7) is 0. The van der Waals surface area contributed by atoms with Gasteiger partial charge in [-0.05, 0) is 0 Å². The smallest absolute Gasteiger partial charge is 0.480 e. The van der Waals surface area contributed by atoms with Crippen molar-refractivity contribution in [3.8, 4) is 5.75 Å². The third-order valence-corrected chi connectivity index (χ3v) is 6.24. The standard InChI is InChI=1S/C17H17AsBrN3O7/c19-9-16(24)20-14(17(25)26)8-10-1-6-15(23)13(7-10)22-21-12-4-2-11(3-5-12)18(27,28)29/h1-7,14,23H,8-9H2,(H,20,24)(H,25,26)(H2,27,28,29). The number of phenols is 1. The van der Waals surface area contributed by atoms with E-state index in [4.69, 9.17) is 8.19 Å². The minimum Gasteiger partial charge on any atom is -0.480 e. The third-order valence-electron chi connectivity index (χ3n) is 3.69. The quantitative estimate of drug-likeness (QED) is 0.192. The van der Waals surface area contributed by atoms with Crippen molar-refractivity contribution in [3.05, 3.63) is 48.0 Å². The van der Waals surface area contributed by atoms with Gasteiger partial charge in [-0.1, -0.05) is 15.9 Å². The summed E-state index contributed by atoms with van der Waals surface area (Å²) in [5, 5.41) is 29.3. The summed E-state index contributed by atoms with van der Waals surface area (Å²) in [6, 6.07) is 8.34. The number of hydrogen-bond acceptors (Lipinski definition) is 6. The number of benzene rings is 2. The number of nitrogens with zero attached hydrogens (tertiary/aromatic N) is 2. The van der Waals surface area contributed by atoms with Crippen LogP contribution < -0.4 is 9.67 Å². The van der Waals surface area contributed by atoms with Crippen molar-refractivity contribution >= 4 is 57.7 Å². The number of amides is 1. The minimum absolute atomic E-state index is 0.0319. The van der Waals surface area contributed by atoms with Crippen LogP contribution in [0.1, 0.15) is 5.56 Å². The zero-order valence-electron chi connectivity index (χ0n) is 14.8. The van der Waals surface area contributed by atoms with Gasteiger partial charge in [0.05, 0.1) is 5.33 Å². The number of carboxylic acids is 1. The molecule has 0 aliphatic carbocycles. The molecular formula is C17H17AsBrN3O7. The molecule has 1 amide bonds. The molecule has 0 saturated heterocycles. The molecule has 0 aliphatic heterocycles. The van der Waals surface area contributed by atoms with E-state index in [1.54, 1.807) is 0 Å². The second kappa shape index (κ2) is 9.84. The Hall–Kier alpha value is -2.46. The fourth-order valence-electron chi connectivity index (χ4n) is 2.27. The molecule has 2 rings (SSSR count). The number of azo groups is 1. The van der Waals surface area contributed by atoms with Crippen molar-refractivity contribution in [1.82, 2.24) is 5.32 Å². The van der Waals surface area contributed by atoms with Gasteiger partial charge >= 0.3 is 135 Å². The van der Waals surface area contributed by atoms with Crippen molar-refractivity contribution in [2.75, 3.05) is 5.33 Å². The van der Waals surface area contributed by atoms with Crippen LogP contribution in [0.5, 0.6) is 5.75 Å². The van der Waals surface area contributed by atoms with Gasteiger partial charge in [0.2, 0.25) is 5.91 Å². The van der Waals surface area contributed by atoms with Gasteiger partial charge in [0.25, 0.3) is 0 Å². The van der Waals surface area contributed by atoms with Gasteiger partial charge in [-0.3, -0.25) is 4.79 Å². The molecule has 12 heteroatoms. The van der Waals surface area contributed by atoms with E-state index in [1.165, 1.54) is 42.5 Å². The first-order valence-corrected chi connectivity index (χ1v) is 12.6. The number of nitrogens with one attached hydrogen (secondary N) is 1. The van der Waals surface area contributed by atoms with Crippen LogP contribution in [0.2, 0.25) is 0 Å². The number of phenolic OH excluding ortho intramolecular Hbond substituents is 1. The first-order valence-electron chi connectivity index (χ1n) is 8.08. The predicted octanol–water partition coefficient (Wildman–Crippen LogP) is 0.875. The van der Waals surface area contributed by atoms with Crippen molar-refractivity contribution in [2.24, 2.45) is 10.2 Å². The van der Waals surface area contributed by atoms with E-state index in [0.29, 0.717) is 11.3 Å². The van der Waals surface area contributed by atoms with Gasteiger partial charge in [0.1, 0.15) is 0 Å². The van der Waals surface area contributed by atoms with Crippen molar-refractivity contribution < 1.29 is 31.7 Å². The molecule has 0 fully saturated rings. The molecule has 154 valence electrons. The van der Waals surface area contributed by atoms with E-state index in [-0.39, 0.29) is 27.5 Å². The number of aliphatic carboxylic acids is 1. The molecule has 0 aliphatic rings. The molecule has 0 spiro atoms. The molecule has 0 heterocycles. The van der Waals surface area contributed by atoms with E-state index < -0.39 is 32.1 Å². The molecule has 1 atom stereocenters. The number of rotatable bonds is 8. The topological polar surface area (TPSA) is 169 Å². The van der Waals surface area contributed by atoms with Crippen molar-refractivity contribution in [3.63, 3.8) is 0 Å². The van der Waals surface area contributed by atoms with Crippen LogP contribution in [-0.2, 0) is 19.7 Å².